The lowest BCUT2D eigenvalue weighted by atomic mass is 10.1. The van der Waals surface area contributed by atoms with Crippen molar-refractivity contribution in [2.24, 2.45) is 0 Å². The first-order valence-electron chi connectivity index (χ1n) is 10.3. The molecule has 1 N–H and O–H groups in total. The van der Waals surface area contributed by atoms with E-state index in [-0.39, 0.29) is 5.91 Å². The Morgan fingerprint density at radius 1 is 1.21 bits per heavy atom. The van der Waals surface area contributed by atoms with Gasteiger partial charge in [0.15, 0.2) is 11.5 Å². The number of rotatable bonds is 7. The lowest BCUT2D eigenvalue weighted by Gasteiger charge is -2.14. The number of methoxy groups -OCH3 is 1. The predicted molar refractivity (Wildman–Crippen MR) is 112 cm³/mol. The van der Waals surface area contributed by atoms with E-state index >= 15 is 0 Å². The molecule has 1 aliphatic rings. The van der Waals surface area contributed by atoms with Crippen LogP contribution < -0.4 is 14.8 Å². The van der Waals surface area contributed by atoms with E-state index in [0.717, 1.165) is 35.4 Å². The third kappa shape index (κ3) is 5.86. The van der Waals surface area contributed by atoms with E-state index in [1.807, 2.05) is 32.0 Å². The second-order valence-corrected chi connectivity index (χ2v) is 7.53. The Hall–Kier alpha value is -2.76. The largest absolute Gasteiger partial charge is 0.493 e. The van der Waals surface area contributed by atoms with Crippen molar-refractivity contribution in [1.29, 1.82) is 0 Å². The number of aryl methyl sites for hydroxylation is 2. The Balaban J connectivity index is 1.60. The average molecular weight is 399 g/mol. The maximum Gasteiger partial charge on any atom is 0.244 e. The number of benzene rings is 1. The van der Waals surface area contributed by atoms with Gasteiger partial charge in [-0.3, -0.25) is 4.79 Å². The minimum absolute atomic E-state index is 0.0467. The molecule has 3 rings (SSSR count). The van der Waals surface area contributed by atoms with Crippen molar-refractivity contribution in [3.63, 3.8) is 0 Å². The zero-order chi connectivity index (χ0) is 20.6. The number of carbonyl (C=O) groups is 1. The molecule has 1 saturated carbocycles. The Morgan fingerprint density at radius 3 is 2.62 bits per heavy atom. The molecule has 1 aliphatic carbocycles. The fourth-order valence-corrected chi connectivity index (χ4v) is 3.61. The minimum Gasteiger partial charge on any atom is -0.493 e. The van der Waals surface area contributed by atoms with E-state index in [9.17, 15) is 4.79 Å². The third-order valence-corrected chi connectivity index (χ3v) is 5.37. The van der Waals surface area contributed by atoms with Gasteiger partial charge in [-0.05, 0) is 50.5 Å². The number of hydrogen-bond acceptors (Lipinski definition) is 5. The summed E-state index contributed by atoms with van der Waals surface area (Å²) in [7, 11) is 1.60. The molecule has 0 bridgehead atoms. The quantitative estimate of drug-likeness (QED) is 0.539. The van der Waals surface area contributed by atoms with Crippen LogP contribution in [0.25, 0.3) is 6.08 Å². The molecule has 0 unspecified atom stereocenters. The molecule has 1 fully saturated rings. The van der Waals surface area contributed by atoms with Gasteiger partial charge in [-0.1, -0.05) is 36.9 Å². The van der Waals surface area contributed by atoms with Crippen LogP contribution in [0.1, 0.15) is 61.1 Å². The molecule has 0 radical (unpaired) electrons. The second kappa shape index (κ2) is 10.1. The number of hydrogen-bond donors (Lipinski definition) is 1. The summed E-state index contributed by atoms with van der Waals surface area (Å²) in [5.74, 6) is 1.95. The number of ether oxygens (including phenoxy) is 2. The SMILES string of the molecule is COc1cc(C=CC(=O)NC2CCCCCC2)ccc1OCc1c(C)noc1C. The van der Waals surface area contributed by atoms with Crippen LogP contribution in [-0.4, -0.2) is 24.2 Å². The summed E-state index contributed by atoms with van der Waals surface area (Å²) in [6, 6.07) is 5.91. The van der Waals surface area contributed by atoms with Gasteiger partial charge in [0.25, 0.3) is 0 Å². The van der Waals surface area contributed by atoms with Gasteiger partial charge in [-0.2, -0.15) is 0 Å². The molecule has 156 valence electrons. The smallest absolute Gasteiger partial charge is 0.244 e. The predicted octanol–water partition coefficient (Wildman–Crippen LogP) is 4.73. The number of amides is 1. The molecule has 1 aromatic heterocycles. The summed E-state index contributed by atoms with van der Waals surface area (Å²) in [4.78, 5) is 12.2. The van der Waals surface area contributed by atoms with Crippen molar-refractivity contribution >= 4 is 12.0 Å². The third-order valence-electron chi connectivity index (χ3n) is 5.37. The monoisotopic (exact) mass is 398 g/mol. The van der Waals surface area contributed by atoms with Crippen LogP contribution in [-0.2, 0) is 11.4 Å². The van der Waals surface area contributed by atoms with E-state index < -0.39 is 0 Å². The normalized spacial score (nSPS) is 15.3. The number of carbonyl (C=O) groups excluding carboxylic acids is 1. The molecular weight excluding hydrogens is 368 g/mol. The van der Waals surface area contributed by atoms with Crippen molar-refractivity contribution in [2.75, 3.05) is 7.11 Å². The summed E-state index contributed by atoms with van der Waals surface area (Å²) >= 11 is 0. The number of nitrogens with zero attached hydrogens (tertiary/aromatic N) is 1. The first-order valence-corrected chi connectivity index (χ1v) is 10.3. The van der Waals surface area contributed by atoms with Gasteiger partial charge < -0.3 is 19.3 Å². The maximum absolute atomic E-state index is 12.2. The van der Waals surface area contributed by atoms with Gasteiger partial charge in [-0.15, -0.1) is 0 Å². The van der Waals surface area contributed by atoms with Crippen LogP contribution >= 0.6 is 0 Å². The molecule has 1 aromatic carbocycles. The highest BCUT2D eigenvalue weighted by Gasteiger charge is 2.14. The van der Waals surface area contributed by atoms with Crippen molar-refractivity contribution in [2.45, 2.75) is 65.0 Å². The molecule has 0 aliphatic heterocycles. The van der Waals surface area contributed by atoms with E-state index in [2.05, 4.69) is 10.5 Å². The molecular formula is C23H30N2O4. The van der Waals surface area contributed by atoms with Crippen molar-refractivity contribution in [3.8, 4) is 11.5 Å². The molecule has 2 aromatic rings. The second-order valence-electron chi connectivity index (χ2n) is 7.53. The fourth-order valence-electron chi connectivity index (χ4n) is 3.61. The Labute approximate surface area is 172 Å². The van der Waals surface area contributed by atoms with Gasteiger partial charge in [0, 0.05) is 12.1 Å². The minimum atomic E-state index is -0.0467. The first kappa shape index (κ1) is 21.0. The molecule has 6 heteroatoms. The van der Waals surface area contributed by atoms with Gasteiger partial charge in [0.2, 0.25) is 5.91 Å². The Morgan fingerprint density at radius 2 is 1.97 bits per heavy atom. The molecule has 6 nitrogen and oxygen atoms in total. The molecule has 0 saturated heterocycles. The highest BCUT2D eigenvalue weighted by Crippen LogP contribution is 2.30. The summed E-state index contributed by atoms with van der Waals surface area (Å²) in [5.41, 5.74) is 2.63. The highest BCUT2D eigenvalue weighted by molar-refractivity contribution is 5.92. The molecule has 0 atom stereocenters. The van der Waals surface area contributed by atoms with Gasteiger partial charge >= 0.3 is 0 Å². The standard InChI is InChI=1S/C23H30N2O4/c1-16-20(17(2)29-25-16)15-28-21-12-10-18(14-22(21)27-3)11-13-23(26)24-19-8-6-4-5-7-9-19/h10-14,19H,4-9,15H2,1-3H3,(H,24,26). The Bertz CT molecular complexity index is 829. The molecule has 1 amide bonds. The summed E-state index contributed by atoms with van der Waals surface area (Å²) in [5, 5.41) is 7.06. The maximum atomic E-state index is 12.2. The fraction of sp³-hybridized carbons (Fsp3) is 0.478. The number of aromatic nitrogens is 1. The van der Waals surface area contributed by atoms with E-state index in [0.29, 0.717) is 24.1 Å². The topological polar surface area (TPSA) is 73.6 Å². The zero-order valence-electron chi connectivity index (χ0n) is 17.5. The van der Waals surface area contributed by atoms with E-state index in [1.54, 1.807) is 19.3 Å². The van der Waals surface area contributed by atoms with Crippen molar-refractivity contribution < 1.29 is 18.8 Å². The van der Waals surface area contributed by atoms with Crippen LogP contribution in [0.4, 0.5) is 0 Å². The van der Waals surface area contributed by atoms with Gasteiger partial charge in [0.05, 0.1) is 18.4 Å². The van der Waals surface area contributed by atoms with E-state index in [4.69, 9.17) is 14.0 Å². The van der Waals surface area contributed by atoms with Crippen molar-refractivity contribution in [3.05, 3.63) is 46.9 Å². The van der Waals surface area contributed by atoms with Gasteiger partial charge in [0.1, 0.15) is 12.4 Å². The first-order chi connectivity index (χ1) is 14.1. The van der Waals surface area contributed by atoms with E-state index in [1.165, 1.54) is 25.7 Å². The van der Waals surface area contributed by atoms with Gasteiger partial charge in [-0.25, -0.2) is 0 Å². The van der Waals surface area contributed by atoms with Crippen LogP contribution in [0.3, 0.4) is 0 Å². The lowest BCUT2D eigenvalue weighted by Crippen LogP contribution is -2.33. The molecule has 1 heterocycles. The molecule has 29 heavy (non-hydrogen) atoms. The summed E-state index contributed by atoms with van der Waals surface area (Å²) in [6.07, 6.45) is 10.5. The summed E-state index contributed by atoms with van der Waals surface area (Å²) < 4.78 is 16.5. The summed E-state index contributed by atoms with van der Waals surface area (Å²) in [6.45, 7) is 4.11. The van der Waals surface area contributed by atoms with Crippen LogP contribution in [0.15, 0.2) is 28.8 Å². The average Bonchev–Trinajstić information content (AvgIpc) is 2.89. The van der Waals surface area contributed by atoms with Crippen LogP contribution in [0.5, 0.6) is 11.5 Å². The van der Waals surface area contributed by atoms with Crippen molar-refractivity contribution in [1.82, 2.24) is 10.5 Å². The number of nitrogens with one attached hydrogen (secondary N) is 1. The molecule has 0 spiro atoms. The van der Waals surface area contributed by atoms with Crippen LogP contribution in [0, 0.1) is 13.8 Å². The van der Waals surface area contributed by atoms with Crippen LogP contribution in [0.2, 0.25) is 0 Å². The Kier molecular flexibility index (Phi) is 7.33. The zero-order valence-corrected chi connectivity index (χ0v) is 17.5. The highest BCUT2D eigenvalue weighted by atomic mass is 16.5. The lowest BCUT2D eigenvalue weighted by molar-refractivity contribution is -0.117.